The van der Waals surface area contributed by atoms with Crippen LogP contribution in [0, 0.1) is 29.1 Å². The van der Waals surface area contributed by atoms with Crippen molar-refractivity contribution >= 4 is 30.3 Å². The van der Waals surface area contributed by atoms with Crippen LogP contribution in [-0.2, 0) is 30.3 Å². The number of hydrogen-bond acceptors (Lipinski definition) is 6. The van der Waals surface area contributed by atoms with E-state index in [1.54, 1.807) is 0 Å². The van der Waals surface area contributed by atoms with E-state index in [0.717, 1.165) is 0 Å². The van der Waals surface area contributed by atoms with Crippen LogP contribution in [0.15, 0.2) is 4.90 Å². The lowest BCUT2D eigenvalue weighted by Crippen LogP contribution is -2.62. The number of sulfonamides is 2. The molecule has 0 fully saturated rings. The van der Waals surface area contributed by atoms with Gasteiger partial charge in [0.15, 0.2) is 28.2 Å². The zero-order valence-electron chi connectivity index (χ0n) is 13.2. The number of hydrogen-bond donors (Lipinski definition) is 1. The van der Waals surface area contributed by atoms with E-state index in [2.05, 4.69) is 0 Å². The summed E-state index contributed by atoms with van der Waals surface area (Å²) in [6, 6.07) is 0. The maximum Gasteiger partial charge on any atom is 0.443 e. The molecule has 0 unspecified atom stereocenters. The summed E-state index contributed by atoms with van der Waals surface area (Å²) in [6.07, 6.45) is 0. The van der Waals surface area contributed by atoms with Gasteiger partial charge in [0, 0.05) is 0 Å². The Morgan fingerprint density at radius 3 is 1.23 bits per heavy atom. The smallest absolute Gasteiger partial charge is 0.206 e. The van der Waals surface area contributed by atoms with Gasteiger partial charge in [-0.1, -0.05) is 8.01 Å². The number of nitrogens with one attached hydrogen (secondary N) is 1. The van der Waals surface area contributed by atoms with E-state index >= 15 is 0 Å². The molecule has 0 aliphatic rings. The van der Waals surface area contributed by atoms with Gasteiger partial charge in [-0.3, -0.25) is 0 Å². The highest BCUT2D eigenvalue weighted by Crippen LogP contribution is 2.51. The van der Waals surface area contributed by atoms with Gasteiger partial charge >= 0.3 is 26.7 Å². The van der Waals surface area contributed by atoms with E-state index in [0.29, 0.717) is 0 Å². The summed E-state index contributed by atoms with van der Waals surface area (Å²) < 4.78 is 222. The summed E-state index contributed by atoms with van der Waals surface area (Å²) in [5.41, 5.74) is 0. The molecular formula is C9HF12NO6S3. The van der Waals surface area contributed by atoms with Crippen molar-refractivity contribution in [1.29, 1.82) is 0 Å². The Morgan fingerprint density at radius 1 is 0.581 bits per heavy atom. The summed E-state index contributed by atoms with van der Waals surface area (Å²) in [4.78, 5) is -3.23. The van der Waals surface area contributed by atoms with E-state index in [-0.39, 0.29) is 0 Å². The van der Waals surface area contributed by atoms with Gasteiger partial charge in [0.1, 0.15) is 0 Å². The first-order chi connectivity index (χ1) is 13.4. The molecule has 1 N–H and O–H groups in total. The Bertz CT molecular complexity index is 1210. The molecule has 0 heterocycles. The maximum atomic E-state index is 13.5. The van der Waals surface area contributed by atoms with Crippen LogP contribution in [0.5, 0.6) is 0 Å². The van der Waals surface area contributed by atoms with Gasteiger partial charge in [-0.25, -0.2) is 38.8 Å². The quantitative estimate of drug-likeness (QED) is 0.244. The van der Waals surface area contributed by atoms with Crippen LogP contribution >= 0.6 is 0 Å². The maximum absolute atomic E-state index is 13.5. The Morgan fingerprint density at radius 2 is 0.903 bits per heavy atom. The van der Waals surface area contributed by atoms with Crippen molar-refractivity contribution in [2.45, 2.75) is 21.3 Å². The Hall–Kier alpha value is -1.81. The van der Waals surface area contributed by atoms with Crippen molar-refractivity contribution < 1.29 is 77.4 Å². The fourth-order valence-electron chi connectivity index (χ4n) is 1.55. The van der Waals surface area contributed by atoms with Gasteiger partial charge in [-0.2, -0.15) is 34.8 Å². The monoisotopic (exact) mass is 543 g/mol. The molecule has 0 aliphatic carbocycles. The number of alkyl halides is 6. The highest BCUT2D eigenvalue weighted by atomic mass is 32.3. The summed E-state index contributed by atoms with van der Waals surface area (Å²) in [5.74, 6) is -23.8. The summed E-state index contributed by atoms with van der Waals surface area (Å²) in [7, 11) is -22.9. The third-order valence-electron chi connectivity index (χ3n) is 3.03. The average molecular weight is 543 g/mol. The second-order valence-electron chi connectivity index (χ2n) is 5.04. The van der Waals surface area contributed by atoms with Crippen LogP contribution in [0.3, 0.4) is 0 Å². The second-order valence-corrected chi connectivity index (χ2v) is 10.0. The van der Waals surface area contributed by atoms with Crippen molar-refractivity contribution in [3.63, 3.8) is 0 Å². The molecule has 1 rings (SSSR count). The highest BCUT2D eigenvalue weighted by Gasteiger charge is 2.83. The van der Waals surface area contributed by atoms with Gasteiger partial charge < -0.3 is 0 Å². The van der Waals surface area contributed by atoms with Crippen molar-refractivity contribution in [1.82, 2.24) is 4.13 Å². The molecule has 1 aromatic carbocycles. The molecule has 0 saturated carbocycles. The number of rotatable bonds is 7. The molecule has 0 aliphatic heterocycles. The zero-order chi connectivity index (χ0) is 25.2. The van der Waals surface area contributed by atoms with Crippen LogP contribution in [0.25, 0.3) is 0 Å². The summed E-state index contributed by atoms with van der Waals surface area (Å²) in [5, 5.41) is -15.1. The first-order valence-electron chi connectivity index (χ1n) is 6.25. The molecule has 0 bridgehead atoms. The van der Waals surface area contributed by atoms with Gasteiger partial charge in [0.2, 0.25) is 5.82 Å². The molecule has 0 saturated heterocycles. The lowest BCUT2D eigenvalue weighted by Gasteiger charge is -2.29. The Labute approximate surface area is 163 Å². The van der Waals surface area contributed by atoms with Crippen molar-refractivity contribution in [2.75, 3.05) is 0 Å². The van der Waals surface area contributed by atoms with Crippen molar-refractivity contribution in [3.8, 4) is 0 Å². The Balaban J connectivity index is 3.73. The molecule has 1 aromatic rings. The molecule has 0 atom stereocenters. The first kappa shape index (κ1) is 27.2. The van der Waals surface area contributed by atoms with E-state index in [1.165, 1.54) is 0 Å². The molecule has 0 spiro atoms. The average Bonchev–Trinajstić information content (AvgIpc) is 2.55. The van der Waals surface area contributed by atoms with Crippen LogP contribution in [-0.4, -0.2) is 41.7 Å². The SMILES string of the molecule is O=S(=O)(NS(=O)(=O)C(F)(F)C(F)(F)C(F)(F)S(=O)(=O)F)c1c(F)c(F)c(F)c(F)c1F. The molecule has 7 nitrogen and oxygen atoms in total. The van der Waals surface area contributed by atoms with E-state index in [9.17, 15) is 77.4 Å². The standard InChI is InChI=1S/C9HF12NO6S3/c10-1-2(11)4(13)6(5(14)3(1)12)29(23,24)22-31(27,28)9(19,20)7(15,16)8(17,18)30(21,25)26/h22H. The summed E-state index contributed by atoms with van der Waals surface area (Å²) >= 11 is 0. The van der Waals surface area contributed by atoms with Gasteiger partial charge in [0.25, 0.3) is 20.0 Å². The minimum absolute atomic E-state index is 0.698. The zero-order valence-corrected chi connectivity index (χ0v) is 15.7. The molecule has 0 aromatic heterocycles. The molecule has 0 radical (unpaired) electrons. The molecule has 22 heteroatoms. The van der Waals surface area contributed by atoms with E-state index in [4.69, 9.17) is 0 Å². The van der Waals surface area contributed by atoms with Crippen LogP contribution in [0.4, 0.5) is 52.2 Å². The molecule has 0 amide bonds. The highest BCUT2D eigenvalue weighted by molar-refractivity contribution is 8.05. The third kappa shape index (κ3) is 3.92. The lowest BCUT2D eigenvalue weighted by molar-refractivity contribution is -0.245. The second kappa shape index (κ2) is 7.37. The van der Waals surface area contributed by atoms with E-state index < -0.39 is 84.8 Å². The normalized spacial score (nSPS) is 14.7. The predicted octanol–water partition coefficient (Wildman–Crippen LogP) is 2.11. The first-order valence-corrected chi connectivity index (χ1v) is 10.6. The van der Waals surface area contributed by atoms with Crippen LogP contribution < -0.4 is 4.13 Å². The van der Waals surface area contributed by atoms with Crippen LogP contribution in [0.2, 0.25) is 0 Å². The largest absolute Gasteiger partial charge is 0.443 e. The molecular weight excluding hydrogens is 542 g/mol. The van der Waals surface area contributed by atoms with Crippen molar-refractivity contribution in [2.24, 2.45) is 0 Å². The number of benzene rings is 1. The minimum atomic E-state index is -7.99. The molecule has 31 heavy (non-hydrogen) atoms. The van der Waals surface area contributed by atoms with Gasteiger partial charge in [-0.15, -0.1) is 0 Å². The fraction of sp³-hybridized carbons (Fsp3) is 0.333. The van der Waals surface area contributed by atoms with Gasteiger partial charge in [-0.05, 0) is 0 Å². The molecule has 180 valence electrons. The topological polar surface area (TPSA) is 114 Å². The van der Waals surface area contributed by atoms with Crippen LogP contribution in [0.1, 0.15) is 0 Å². The number of halogens is 12. The van der Waals surface area contributed by atoms with Gasteiger partial charge in [0.05, 0.1) is 0 Å². The summed E-state index contributed by atoms with van der Waals surface area (Å²) in [6.45, 7) is 0. The predicted molar refractivity (Wildman–Crippen MR) is 70.3 cm³/mol. The minimum Gasteiger partial charge on any atom is -0.206 e. The fourth-order valence-corrected chi connectivity index (χ4v) is 5.07. The van der Waals surface area contributed by atoms with E-state index in [1.807, 2.05) is 0 Å². The van der Waals surface area contributed by atoms with Crippen molar-refractivity contribution in [3.05, 3.63) is 29.1 Å². The third-order valence-corrected chi connectivity index (χ3v) is 7.48. The Kier molecular flexibility index (Phi) is 6.47. The lowest BCUT2D eigenvalue weighted by atomic mass is 10.3.